The Morgan fingerprint density at radius 3 is 2.58 bits per heavy atom. The number of alkyl halides is 2. The van der Waals surface area contributed by atoms with Gasteiger partial charge in [-0.15, -0.1) is 0 Å². The Hall–Kier alpha value is -2.51. The van der Waals surface area contributed by atoms with Gasteiger partial charge in [-0.25, -0.2) is 22.6 Å². The van der Waals surface area contributed by atoms with Crippen molar-refractivity contribution in [3.8, 4) is 5.69 Å². The standard InChI is InChI=1S/C16H16F3N3O2/c1-3-24-15(23)13-8-14(21-9-16(18,19)10(21)2)22(20-13)12-6-4-11(17)5-7-12/h4-8,10H,3,9H2,1-2H3/t10-/m1/s1. The molecule has 3 rings (SSSR count). The third-order valence-corrected chi connectivity index (χ3v) is 4.00. The van der Waals surface area contributed by atoms with Gasteiger partial charge in [-0.05, 0) is 38.1 Å². The first-order valence-corrected chi connectivity index (χ1v) is 7.51. The summed E-state index contributed by atoms with van der Waals surface area (Å²) in [5, 5.41) is 4.15. The lowest BCUT2D eigenvalue weighted by molar-refractivity contribution is -0.0645. The van der Waals surface area contributed by atoms with Crippen LogP contribution in [0.15, 0.2) is 30.3 Å². The third-order valence-electron chi connectivity index (χ3n) is 4.00. The number of esters is 1. The van der Waals surface area contributed by atoms with Crippen molar-refractivity contribution in [1.29, 1.82) is 0 Å². The fourth-order valence-corrected chi connectivity index (χ4v) is 2.54. The Kier molecular flexibility index (Phi) is 3.98. The smallest absolute Gasteiger partial charge is 0.358 e. The summed E-state index contributed by atoms with van der Waals surface area (Å²) < 4.78 is 46.4. The number of halogens is 3. The van der Waals surface area contributed by atoms with Gasteiger partial charge in [0.05, 0.1) is 24.9 Å². The molecule has 2 heterocycles. The van der Waals surface area contributed by atoms with Gasteiger partial charge in [0, 0.05) is 6.07 Å². The molecule has 0 saturated carbocycles. The van der Waals surface area contributed by atoms with Gasteiger partial charge in [-0.1, -0.05) is 0 Å². The summed E-state index contributed by atoms with van der Waals surface area (Å²) in [6, 6.07) is 5.78. The van der Waals surface area contributed by atoms with Gasteiger partial charge < -0.3 is 9.64 Å². The van der Waals surface area contributed by atoms with E-state index in [9.17, 15) is 18.0 Å². The van der Waals surface area contributed by atoms with E-state index < -0.39 is 30.3 Å². The van der Waals surface area contributed by atoms with Gasteiger partial charge >= 0.3 is 5.97 Å². The zero-order chi connectivity index (χ0) is 17.5. The molecule has 0 unspecified atom stereocenters. The number of nitrogens with zero attached hydrogens (tertiary/aromatic N) is 3. The predicted octanol–water partition coefficient (Wildman–Crippen LogP) is 3.03. The quantitative estimate of drug-likeness (QED) is 0.804. The Bertz CT molecular complexity index is 758. The zero-order valence-electron chi connectivity index (χ0n) is 13.2. The van der Waals surface area contributed by atoms with Crippen LogP contribution in [0.2, 0.25) is 0 Å². The highest BCUT2D eigenvalue weighted by atomic mass is 19.3. The van der Waals surface area contributed by atoms with Crippen LogP contribution in [-0.2, 0) is 4.74 Å². The molecule has 1 atom stereocenters. The molecule has 1 fully saturated rings. The van der Waals surface area contributed by atoms with Crippen molar-refractivity contribution in [2.24, 2.45) is 0 Å². The number of carbonyl (C=O) groups is 1. The van der Waals surface area contributed by atoms with Crippen LogP contribution in [0.3, 0.4) is 0 Å². The maximum absolute atomic E-state index is 13.5. The molecular formula is C16H16F3N3O2. The van der Waals surface area contributed by atoms with Gasteiger partial charge in [-0.2, -0.15) is 5.10 Å². The van der Waals surface area contributed by atoms with Crippen molar-refractivity contribution >= 4 is 11.8 Å². The zero-order valence-corrected chi connectivity index (χ0v) is 13.2. The van der Waals surface area contributed by atoms with E-state index in [1.165, 1.54) is 46.8 Å². The summed E-state index contributed by atoms with van der Waals surface area (Å²) in [5.74, 6) is -3.54. The minimum atomic E-state index is -2.80. The average molecular weight is 339 g/mol. The number of benzene rings is 1. The van der Waals surface area contributed by atoms with E-state index in [0.29, 0.717) is 11.5 Å². The van der Waals surface area contributed by atoms with Crippen molar-refractivity contribution in [2.45, 2.75) is 25.8 Å². The number of ether oxygens (including phenoxy) is 1. The normalized spacial score (nSPS) is 19.0. The number of hydrogen-bond donors (Lipinski definition) is 0. The lowest BCUT2D eigenvalue weighted by Crippen LogP contribution is -2.64. The second-order valence-electron chi connectivity index (χ2n) is 5.56. The van der Waals surface area contributed by atoms with Crippen molar-refractivity contribution in [3.05, 3.63) is 41.8 Å². The molecule has 1 aliphatic rings. The van der Waals surface area contributed by atoms with Crippen LogP contribution in [0.1, 0.15) is 24.3 Å². The number of carbonyl (C=O) groups excluding carboxylic acids is 1. The first kappa shape index (κ1) is 16.4. The van der Waals surface area contributed by atoms with E-state index in [4.69, 9.17) is 4.74 Å². The largest absolute Gasteiger partial charge is 0.461 e. The van der Waals surface area contributed by atoms with E-state index in [2.05, 4.69) is 5.10 Å². The highest BCUT2D eigenvalue weighted by Crippen LogP contribution is 2.39. The van der Waals surface area contributed by atoms with Gasteiger partial charge in [0.25, 0.3) is 5.92 Å². The Morgan fingerprint density at radius 1 is 1.38 bits per heavy atom. The lowest BCUT2D eigenvalue weighted by Gasteiger charge is -2.46. The van der Waals surface area contributed by atoms with E-state index in [1.807, 2.05) is 0 Å². The van der Waals surface area contributed by atoms with Gasteiger partial charge in [0.2, 0.25) is 0 Å². The molecule has 2 aromatic rings. The maximum Gasteiger partial charge on any atom is 0.358 e. The molecule has 24 heavy (non-hydrogen) atoms. The van der Waals surface area contributed by atoms with Crippen molar-refractivity contribution in [1.82, 2.24) is 9.78 Å². The molecule has 8 heteroatoms. The second kappa shape index (κ2) is 5.85. The number of rotatable bonds is 4. The number of aromatic nitrogens is 2. The molecule has 1 aromatic carbocycles. The summed E-state index contributed by atoms with van der Waals surface area (Å²) in [7, 11) is 0. The van der Waals surface area contributed by atoms with Crippen LogP contribution in [-0.4, -0.2) is 40.9 Å². The second-order valence-corrected chi connectivity index (χ2v) is 5.56. The maximum atomic E-state index is 13.5. The fourth-order valence-electron chi connectivity index (χ4n) is 2.54. The fraction of sp³-hybridized carbons (Fsp3) is 0.375. The minimum absolute atomic E-state index is 0.0126. The minimum Gasteiger partial charge on any atom is -0.461 e. The SMILES string of the molecule is CCOC(=O)c1cc(N2CC(F)(F)[C@H]2C)n(-c2ccc(F)cc2)n1. The van der Waals surface area contributed by atoms with Crippen molar-refractivity contribution in [2.75, 3.05) is 18.1 Å². The van der Waals surface area contributed by atoms with E-state index >= 15 is 0 Å². The van der Waals surface area contributed by atoms with Crippen molar-refractivity contribution < 1.29 is 22.7 Å². The summed E-state index contributed by atoms with van der Waals surface area (Å²) in [6.45, 7) is 2.77. The molecule has 1 aromatic heterocycles. The van der Waals surface area contributed by atoms with Crippen molar-refractivity contribution in [3.63, 3.8) is 0 Å². The number of hydrogen-bond acceptors (Lipinski definition) is 4. The monoisotopic (exact) mass is 339 g/mol. The van der Waals surface area contributed by atoms with Crippen LogP contribution in [0.4, 0.5) is 19.0 Å². The van der Waals surface area contributed by atoms with E-state index in [1.54, 1.807) is 6.92 Å². The van der Waals surface area contributed by atoms with Gasteiger partial charge in [0.15, 0.2) is 5.69 Å². The summed E-state index contributed by atoms with van der Waals surface area (Å²) in [4.78, 5) is 13.4. The first-order chi connectivity index (χ1) is 11.3. The van der Waals surface area contributed by atoms with Crippen LogP contribution >= 0.6 is 0 Å². The summed E-state index contributed by atoms with van der Waals surface area (Å²) in [5.41, 5.74) is 0.475. The molecule has 0 bridgehead atoms. The number of anilines is 1. The molecule has 1 saturated heterocycles. The average Bonchev–Trinajstić information content (AvgIpc) is 2.98. The lowest BCUT2D eigenvalue weighted by atomic mass is 10.0. The molecule has 0 aliphatic carbocycles. The highest BCUT2D eigenvalue weighted by molar-refractivity contribution is 5.88. The Balaban J connectivity index is 2.02. The molecule has 5 nitrogen and oxygen atoms in total. The Labute approximate surface area is 136 Å². The summed E-state index contributed by atoms with van der Waals surface area (Å²) >= 11 is 0. The molecule has 0 radical (unpaired) electrons. The van der Waals surface area contributed by atoms with Gasteiger partial charge in [-0.3, -0.25) is 0 Å². The Morgan fingerprint density at radius 2 is 2.04 bits per heavy atom. The third kappa shape index (κ3) is 2.72. The molecular weight excluding hydrogens is 323 g/mol. The molecule has 0 amide bonds. The van der Waals surface area contributed by atoms with Gasteiger partial charge in [0.1, 0.15) is 11.6 Å². The molecule has 0 N–H and O–H groups in total. The van der Waals surface area contributed by atoms with E-state index in [-0.39, 0.29) is 12.3 Å². The molecule has 0 spiro atoms. The first-order valence-electron chi connectivity index (χ1n) is 7.51. The molecule has 128 valence electrons. The highest BCUT2D eigenvalue weighted by Gasteiger charge is 2.53. The predicted molar refractivity (Wildman–Crippen MR) is 81.2 cm³/mol. The topological polar surface area (TPSA) is 47.4 Å². The van der Waals surface area contributed by atoms with Crippen LogP contribution in [0.25, 0.3) is 5.69 Å². The molecule has 1 aliphatic heterocycles. The summed E-state index contributed by atoms with van der Waals surface area (Å²) in [6.07, 6.45) is 0. The van der Waals surface area contributed by atoms with Crippen LogP contribution < -0.4 is 4.90 Å². The van der Waals surface area contributed by atoms with Crippen LogP contribution in [0.5, 0.6) is 0 Å². The van der Waals surface area contributed by atoms with E-state index in [0.717, 1.165) is 0 Å². The van der Waals surface area contributed by atoms with Crippen LogP contribution in [0, 0.1) is 5.82 Å².